The van der Waals surface area contributed by atoms with Gasteiger partial charge in [0.05, 0.1) is 5.56 Å². The molecule has 1 unspecified atom stereocenters. The van der Waals surface area contributed by atoms with Crippen LogP contribution >= 0.6 is 0 Å². The molecule has 26 heavy (non-hydrogen) atoms. The van der Waals surface area contributed by atoms with E-state index in [4.69, 9.17) is 0 Å². The van der Waals surface area contributed by atoms with Crippen LogP contribution in [0, 0.1) is 0 Å². The number of pyridine rings is 1. The molecule has 0 bridgehead atoms. The number of hydrogen-bond acceptors (Lipinski definition) is 3. The first-order chi connectivity index (χ1) is 12.7. The number of carbonyl (C=O) groups is 1. The molecule has 1 atom stereocenters. The number of benzene rings is 2. The molecule has 0 aliphatic carbocycles. The van der Waals surface area contributed by atoms with Gasteiger partial charge in [-0.2, -0.15) is 0 Å². The molecule has 2 aromatic carbocycles. The summed E-state index contributed by atoms with van der Waals surface area (Å²) in [5, 5.41) is 6.28. The van der Waals surface area contributed by atoms with Crippen LogP contribution in [0.1, 0.15) is 34.5 Å². The minimum atomic E-state index is -0.101. The van der Waals surface area contributed by atoms with Crippen molar-refractivity contribution in [2.45, 2.75) is 19.4 Å². The lowest BCUT2D eigenvalue weighted by molar-refractivity contribution is 0.0954. The fraction of sp³-hybridized carbons (Fsp3) is 0.182. The molecule has 0 radical (unpaired) electrons. The zero-order valence-electron chi connectivity index (χ0n) is 14.9. The van der Waals surface area contributed by atoms with Gasteiger partial charge in [-0.3, -0.25) is 4.79 Å². The Morgan fingerprint density at radius 3 is 2.31 bits per heavy atom. The number of carbonyl (C=O) groups excluding carboxylic acids is 1. The maximum Gasteiger partial charge on any atom is 0.252 e. The molecule has 1 amide bonds. The standard InChI is InChI=1S/C22H23N3O/c1-17(19-10-6-3-7-11-19)25-21-13-12-20(16-24-21)22(26)23-15-14-18-8-4-2-5-9-18/h2-13,16-17H,14-15H2,1H3,(H,23,26)(H,24,25). The van der Waals surface area contributed by atoms with E-state index in [1.807, 2.05) is 42.5 Å². The summed E-state index contributed by atoms with van der Waals surface area (Å²) in [5.74, 6) is 0.651. The van der Waals surface area contributed by atoms with Gasteiger partial charge in [0.25, 0.3) is 5.91 Å². The third-order valence-electron chi connectivity index (χ3n) is 4.23. The Bertz CT molecular complexity index is 817. The number of nitrogens with one attached hydrogen (secondary N) is 2. The average Bonchev–Trinajstić information content (AvgIpc) is 2.70. The molecule has 2 N–H and O–H groups in total. The van der Waals surface area contributed by atoms with Crippen molar-refractivity contribution in [3.8, 4) is 0 Å². The monoisotopic (exact) mass is 345 g/mol. The molecule has 4 heteroatoms. The van der Waals surface area contributed by atoms with Gasteiger partial charge in [-0.25, -0.2) is 4.98 Å². The predicted octanol–water partition coefficient (Wildman–Crippen LogP) is 4.23. The number of amides is 1. The van der Waals surface area contributed by atoms with E-state index in [9.17, 15) is 4.79 Å². The van der Waals surface area contributed by atoms with Crippen LogP contribution in [0.15, 0.2) is 79.0 Å². The zero-order valence-corrected chi connectivity index (χ0v) is 14.9. The molecule has 0 saturated heterocycles. The van der Waals surface area contributed by atoms with Gasteiger partial charge in [0.2, 0.25) is 0 Å². The van der Waals surface area contributed by atoms with Gasteiger partial charge >= 0.3 is 0 Å². The maximum absolute atomic E-state index is 12.2. The SMILES string of the molecule is CC(Nc1ccc(C(=O)NCCc2ccccc2)cn1)c1ccccc1. The summed E-state index contributed by atoms with van der Waals surface area (Å²) in [7, 11) is 0. The highest BCUT2D eigenvalue weighted by molar-refractivity contribution is 5.94. The van der Waals surface area contributed by atoms with Crippen LogP contribution in [0.25, 0.3) is 0 Å². The van der Waals surface area contributed by atoms with Crippen molar-refractivity contribution in [2.24, 2.45) is 0 Å². The Hall–Kier alpha value is -3.14. The summed E-state index contributed by atoms with van der Waals surface area (Å²) < 4.78 is 0. The van der Waals surface area contributed by atoms with Gasteiger partial charge in [0.15, 0.2) is 0 Å². The van der Waals surface area contributed by atoms with E-state index in [0.29, 0.717) is 12.1 Å². The number of aromatic nitrogens is 1. The Morgan fingerprint density at radius 1 is 0.962 bits per heavy atom. The molecule has 3 aromatic rings. The van der Waals surface area contributed by atoms with Gasteiger partial charge in [-0.15, -0.1) is 0 Å². The van der Waals surface area contributed by atoms with Gasteiger partial charge in [0, 0.05) is 18.8 Å². The van der Waals surface area contributed by atoms with E-state index in [1.165, 1.54) is 11.1 Å². The smallest absolute Gasteiger partial charge is 0.252 e. The molecule has 132 valence electrons. The molecular formula is C22H23N3O. The third kappa shape index (κ3) is 4.93. The fourth-order valence-electron chi connectivity index (χ4n) is 2.73. The van der Waals surface area contributed by atoms with E-state index in [0.717, 1.165) is 12.2 Å². The quantitative estimate of drug-likeness (QED) is 0.674. The first-order valence-corrected chi connectivity index (χ1v) is 8.82. The van der Waals surface area contributed by atoms with Crippen molar-refractivity contribution in [1.29, 1.82) is 0 Å². The van der Waals surface area contributed by atoms with Crippen molar-refractivity contribution in [2.75, 3.05) is 11.9 Å². The van der Waals surface area contributed by atoms with Gasteiger partial charge in [-0.1, -0.05) is 60.7 Å². The van der Waals surface area contributed by atoms with Gasteiger partial charge in [-0.05, 0) is 36.6 Å². The summed E-state index contributed by atoms with van der Waals surface area (Å²) >= 11 is 0. The second kappa shape index (κ2) is 8.81. The molecule has 0 saturated carbocycles. The highest BCUT2D eigenvalue weighted by Crippen LogP contribution is 2.17. The molecule has 1 aromatic heterocycles. The van der Waals surface area contributed by atoms with Crippen LogP contribution in [-0.2, 0) is 6.42 Å². The number of anilines is 1. The maximum atomic E-state index is 12.2. The normalized spacial score (nSPS) is 11.6. The van der Waals surface area contributed by atoms with Crippen molar-refractivity contribution < 1.29 is 4.79 Å². The lowest BCUT2D eigenvalue weighted by Crippen LogP contribution is -2.25. The van der Waals surface area contributed by atoms with Crippen LogP contribution < -0.4 is 10.6 Å². The summed E-state index contributed by atoms with van der Waals surface area (Å²) in [6, 6.07) is 24.1. The summed E-state index contributed by atoms with van der Waals surface area (Å²) in [6.45, 7) is 2.69. The third-order valence-corrected chi connectivity index (χ3v) is 4.23. The molecule has 0 aliphatic rings. The minimum absolute atomic E-state index is 0.101. The van der Waals surface area contributed by atoms with E-state index < -0.39 is 0 Å². The van der Waals surface area contributed by atoms with E-state index in [-0.39, 0.29) is 11.9 Å². The van der Waals surface area contributed by atoms with E-state index >= 15 is 0 Å². The summed E-state index contributed by atoms with van der Waals surface area (Å²) in [6.07, 6.45) is 2.42. The number of hydrogen-bond donors (Lipinski definition) is 2. The fourth-order valence-corrected chi connectivity index (χ4v) is 2.73. The lowest BCUT2D eigenvalue weighted by atomic mass is 10.1. The van der Waals surface area contributed by atoms with E-state index in [2.05, 4.69) is 46.8 Å². The highest BCUT2D eigenvalue weighted by Gasteiger charge is 2.08. The summed E-state index contributed by atoms with van der Waals surface area (Å²) in [5.41, 5.74) is 2.97. The van der Waals surface area contributed by atoms with Gasteiger partial charge < -0.3 is 10.6 Å². The Kier molecular flexibility index (Phi) is 5.99. The molecule has 1 heterocycles. The molecule has 0 fully saturated rings. The molecule has 3 rings (SSSR count). The molecule has 0 spiro atoms. The topological polar surface area (TPSA) is 54.0 Å². The molecule has 0 aliphatic heterocycles. The van der Waals surface area contributed by atoms with E-state index in [1.54, 1.807) is 12.3 Å². The largest absolute Gasteiger partial charge is 0.364 e. The Morgan fingerprint density at radius 2 is 1.65 bits per heavy atom. The Balaban J connectivity index is 1.51. The van der Waals surface area contributed by atoms with Crippen molar-refractivity contribution in [3.63, 3.8) is 0 Å². The summed E-state index contributed by atoms with van der Waals surface area (Å²) in [4.78, 5) is 16.6. The highest BCUT2D eigenvalue weighted by atomic mass is 16.1. The predicted molar refractivity (Wildman–Crippen MR) is 105 cm³/mol. The van der Waals surface area contributed by atoms with Crippen molar-refractivity contribution in [3.05, 3.63) is 95.7 Å². The van der Waals surface area contributed by atoms with Crippen molar-refractivity contribution >= 4 is 11.7 Å². The van der Waals surface area contributed by atoms with Crippen LogP contribution in [0.5, 0.6) is 0 Å². The average molecular weight is 345 g/mol. The van der Waals surface area contributed by atoms with Crippen LogP contribution in [-0.4, -0.2) is 17.4 Å². The molecule has 4 nitrogen and oxygen atoms in total. The van der Waals surface area contributed by atoms with Crippen LogP contribution in [0.3, 0.4) is 0 Å². The first-order valence-electron chi connectivity index (χ1n) is 8.82. The molecular weight excluding hydrogens is 322 g/mol. The van der Waals surface area contributed by atoms with Crippen LogP contribution in [0.4, 0.5) is 5.82 Å². The Labute approximate surface area is 154 Å². The minimum Gasteiger partial charge on any atom is -0.364 e. The second-order valence-corrected chi connectivity index (χ2v) is 6.20. The number of nitrogens with zero attached hydrogens (tertiary/aromatic N) is 1. The van der Waals surface area contributed by atoms with Gasteiger partial charge in [0.1, 0.15) is 5.82 Å². The number of rotatable bonds is 7. The zero-order chi connectivity index (χ0) is 18.2. The lowest BCUT2D eigenvalue weighted by Gasteiger charge is -2.15. The second-order valence-electron chi connectivity index (χ2n) is 6.20. The van der Waals surface area contributed by atoms with Crippen molar-refractivity contribution in [1.82, 2.24) is 10.3 Å². The van der Waals surface area contributed by atoms with Crippen LogP contribution in [0.2, 0.25) is 0 Å². The first kappa shape index (κ1) is 17.7.